The minimum Gasteiger partial charge on any atom is -0.374 e. The maximum absolute atomic E-state index is 12.1. The maximum Gasteiger partial charge on any atom is 0.325 e. The summed E-state index contributed by atoms with van der Waals surface area (Å²) in [6.45, 7) is 7.75. The number of hydrogen-bond donors (Lipinski definition) is 2. The van der Waals surface area contributed by atoms with Gasteiger partial charge in [-0.1, -0.05) is 0 Å². The molecule has 0 bridgehead atoms. The van der Waals surface area contributed by atoms with E-state index < -0.39 is 5.54 Å². The van der Waals surface area contributed by atoms with Crippen LogP contribution in [0.4, 0.5) is 4.79 Å². The Labute approximate surface area is 119 Å². The van der Waals surface area contributed by atoms with Crippen LogP contribution in [-0.2, 0) is 9.53 Å². The molecule has 2 heterocycles. The molecule has 114 valence electrons. The largest absolute Gasteiger partial charge is 0.374 e. The summed E-state index contributed by atoms with van der Waals surface area (Å²) in [5.41, 5.74) is -0.781. The van der Waals surface area contributed by atoms with E-state index in [4.69, 9.17) is 4.74 Å². The molecule has 2 rings (SSSR count). The van der Waals surface area contributed by atoms with E-state index in [0.29, 0.717) is 19.7 Å². The zero-order valence-electron chi connectivity index (χ0n) is 12.4. The molecule has 20 heavy (non-hydrogen) atoms. The van der Waals surface area contributed by atoms with Gasteiger partial charge >= 0.3 is 6.03 Å². The predicted octanol–water partition coefficient (Wildman–Crippen LogP) is -0.763. The average molecular weight is 284 g/mol. The standard InChI is InChI=1S/C13H24N4O3/c1-13(2)11(18)17(12(19)15-13)5-4-16-6-7-20-10(9-16)8-14-3/h10,14H,4-9H2,1-3H3,(H,15,19). The Morgan fingerprint density at radius 2 is 2.15 bits per heavy atom. The number of urea groups is 1. The summed E-state index contributed by atoms with van der Waals surface area (Å²) < 4.78 is 5.63. The van der Waals surface area contributed by atoms with E-state index in [0.717, 1.165) is 19.6 Å². The molecule has 3 amide bonds. The summed E-state index contributed by atoms with van der Waals surface area (Å²) in [6.07, 6.45) is 0.174. The fourth-order valence-electron chi connectivity index (χ4n) is 2.60. The van der Waals surface area contributed by atoms with Crippen molar-refractivity contribution >= 4 is 11.9 Å². The van der Waals surface area contributed by atoms with Crippen LogP contribution in [0.1, 0.15) is 13.8 Å². The molecule has 7 heteroatoms. The lowest BCUT2D eigenvalue weighted by Gasteiger charge is -2.33. The summed E-state index contributed by atoms with van der Waals surface area (Å²) in [5.74, 6) is -0.150. The number of ether oxygens (including phenoxy) is 1. The second-order valence-corrected chi connectivity index (χ2v) is 5.86. The molecule has 2 saturated heterocycles. The number of carbonyl (C=O) groups excluding carboxylic acids is 2. The fraction of sp³-hybridized carbons (Fsp3) is 0.846. The number of amides is 3. The van der Waals surface area contributed by atoms with Crippen LogP contribution in [0.2, 0.25) is 0 Å². The lowest BCUT2D eigenvalue weighted by Crippen LogP contribution is -2.49. The van der Waals surface area contributed by atoms with Crippen molar-refractivity contribution in [1.29, 1.82) is 0 Å². The third-order valence-corrected chi connectivity index (χ3v) is 3.74. The van der Waals surface area contributed by atoms with E-state index in [-0.39, 0.29) is 18.0 Å². The van der Waals surface area contributed by atoms with E-state index in [1.54, 1.807) is 13.8 Å². The van der Waals surface area contributed by atoms with Gasteiger partial charge in [0.15, 0.2) is 0 Å². The quantitative estimate of drug-likeness (QED) is 0.649. The maximum atomic E-state index is 12.1. The molecule has 0 radical (unpaired) electrons. The first-order valence-corrected chi connectivity index (χ1v) is 7.06. The molecule has 2 N–H and O–H groups in total. The third kappa shape index (κ3) is 3.28. The zero-order chi connectivity index (χ0) is 14.8. The number of rotatable bonds is 5. The first-order valence-electron chi connectivity index (χ1n) is 7.06. The molecule has 0 aromatic rings. The Morgan fingerprint density at radius 3 is 2.75 bits per heavy atom. The smallest absolute Gasteiger partial charge is 0.325 e. The van der Waals surface area contributed by atoms with Crippen LogP contribution in [-0.4, -0.2) is 79.8 Å². The first kappa shape index (κ1) is 15.2. The lowest BCUT2D eigenvalue weighted by atomic mass is 10.1. The molecule has 2 fully saturated rings. The highest BCUT2D eigenvalue weighted by Gasteiger charge is 2.44. The molecule has 7 nitrogen and oxygen atoms in total. The highest BCUT2D eigenvalue weighted by Crippen LogP contribution is 2.16. The number of nitrogens with zero attached hydrogens (tertiary/aromatic N) is 2. The van der Waals surface area contributed by atoms with Crippen molar-refractivity contribution in [3.05, 3.63) is 0 Å². The SMILES string of the molecule is CNCC1CN(CCN2C(=O)NC(C)(C)C2=O)CCO1. The molecule has 1 atom stereocenters. The molecule has 0 aliphatic carbocycles. The van der Waals surface area contributed by atoms with Crippen molar-refractivity contribution < 1.29 is 14.3 Å². The van der Waals surface area contributed by atoms with Gasteiger partial charge in [-0.25, -0.2) is 4.79 Å². The normalized spacial score (nSPS) is 26.9. The number of nitrogens with one attached hydrogen (secondary N) is 2. The van der Waals surface area contributed by atoms with E-state index in [1.165, 1.54) is 4.90 Å². The summed E-state index contributed by atoms with van der Waals surface area (Å²) in [6, 6.07) is -0.292. The van der Waals surface area contributed by atoms with Crippen molar-refractivity contribution in [2.45, 2.75) is 25.5 Å². The van der Waals surface area contributed by atoms with Gasteiger partial charge in [0.2, 0.25) is 0 Å². The van der Waals surface area contributed by atoms with Crippen LogP contribution in [0, 0.1) is 0 Å². The second kappa shape index (κ2) is 6.07. The molecule has 2 aliphatic rings. The highest BCUT2D eigenvalue weighted by atomic mass is 16.5. The van der Waals surface area contributed by atoms with Gasteiger partial charge in [-0.2, -0.15) is 0 Å². The Bertz CT molecular complexity index is 384. The number of morpholine rings is 1. The monoisotopic (exact) mass is 284 g/mol. The summed E-state index contributed by atoms with van der Waals surface area (Å²) in [4.78, 5) is 27.4. The molecule has 1 unspecified atom stereocenters. The predicted molar refractivity (Wildman–Crippen MR) is 74.4 cm³/mol. The van der Waals surface area contributed by atoms with Gasteiger partial charge in [-0.15, -0.1) is 0 Å². The van der Waals surface area contributed by atoms with E-state index in [9.17, 15) is 9.59 Å². The van der Waals surface area contributed by atoms with Gasteiger partial charge < -0.3 is 15.4 Å². The summed E-state index contributed by atoms with van der Waals surface area (Å²) in [5, 5.41) is 5.79. The summed E-state index contributed by atoms with van der Waals surface area (Å²) >= 11 is 0. The van der Waals surface area contributed by atoms with Crippen LogP contribution in [0.15, 0.2) is 0 Å². The van der Waals surface area contributed by atoms with E-state index >= 15 is 0 Å². The molecule has 0 spiro atoms. The molecule has 2 aliphatic heterocycles. The van der Waals surface area contributed by atoms with Gasteiger partial charge in [-0.05, 0) is 20.9 Å². The molecule has 0 aromatic carbocycles. The first-order chi connectivity index (χ1) is 9.44. The van der Waals surface area contributed by atoms with Gasteiger partial charge in [-0.3, -0.25) is 14.6 Å². The van der Waals surface area contributed by atoms with Crippen molar-refractivity contribution in [2.24, 2.45) is 0 Å². The van der Waals surface area contributed by atoms with Crippen LogP contribution >= 0.6 is 0 Å². The van der Waals surface area contributed by atoms with Crippen LogP contribution < -0.4 is 10.6 Å². The Balaban J connectivity index is 1.83. The van der Waals surface area contributed by atoms with Crippen LogP contribution in [0.5, 0.6) is 0 Å². The minimum atomic E-state index is -0.781. The number of likely N-dealkylation sites (N-methyl/N-ethyl adjacent to an activating group) is 1. The minimum absolute atomic E-state index is 0.150. The van der Waals surface area contributed by atoms with Crippen molar-refractivity contribution in [3.8, 4) is 0 Å². The fourth-order valence-corrected chi connectivity index (χ4v) is 2.60. The Morgan fingerprint density at radius 1 is 1.40 bits per heavy atom. The number of carbonyl (C=O) groups is 2. The van der Waals surface area contributed by atoms with Crippen molar-refractivity contribution in [1.82, 2.24) is 20.4 Å². The zero-order valence-corrected chi connectivity index (χ0v) is 12.4. The summed E-state index contributed by atoms with van der Waals surface area (Å²) in [7, 11) is 1.90. The second-order valence-electron chi connectivity index (χ2n) is 5.86. The molecule has 0 aromatic heterocycles. The van der Waals surface area contributed by atoms with Gasteiger partial charge in [0.25, 0.3) is 5.91 Å². The number of imide groups is 1. The lowest BCUT2D eigenvalue weighted by molar-refractivity contribution is -0.130. The van der Waals surface area contributed by atoms with Gasteiger partial charge in [0, 0.05) is 32.7 Å². The topological polar surface area (TPSA) is 73.9 Å². The third-order valence-electron chi connectivity index (χ3n) is 3.74. The van der Waals surface area contributed by atoms with Crippen LogP contribution in [0.3, 0.4) is 0 Å². The molecular weight excluding hydrogens is 260 g/mol. The van der Waals surface area contributed by atoms with E-state index in [1.807, 2.05) is 7.05 Å². The Hall–Kier alpha value is -1.18. The van der Waals surface area contributed by atoms with Crippen molar-refractivity contribution in [2.75, 3.05) is 46.4 Å². The van der Waals surface area contributed by atoms with Gasteiger partial charge in [0.05, 0.1) is 12.7 Å². The average Bonchev–Trinajstić information content (AvgIpc) is 2.57. The molecule has 0 saturated carbocycles. The van der Waals surface area contributed by atoms with Gasteiger partial charge in [0.1, 0.15) is 5.54 Å². The van der Waals surface area contributed by atoms with Crippen LogP contribution in [0.25, 0.3) is 0 Å². The Kier molecular flexibility index (Phi) is 4.62. The molecular formula is C13H24N4O3. The number of hydrogen-bond acceptors (Lipinski definition) is 5. The van der Waals surface area contributed by atoms with E-state index in [2.05, 4.69) is 15.5 Å². The van der Waals surface area contributed by atoms with Crippen molar-refractivity contribution in [3.63, 3.8) is 0 Å². The highest BCUT2D eigenvalue weighted by molar-refractivity contribution is 6.06.